The smallest absolute Gasteiger partial charge is 0.161 e. The van der Waals surface area contributed by atoms with E-state index >= 15 is 0 Å². The lowest BCUT2D eigenvalue weighted by molar-refractivity contribution is -0.116. The number of ketones is 1. The van der Waals surface area contributed by atoms with Crippen LogP contribution in [0.5, 0.6) is 0 Å². The molecule has 0 saturated carbocycles. The van der Waals surface area contributed by atoms with Crippen LogP contribution in [0.25, 0.3) is 0 Å². The van der Waals surface area contributed by atoms with E-state index in [1.165, 1.54) is 12.1 Å². The Hall–Kier alpha value is -2.65. The third kappa shape index (κ3) is 2.47. The Kier molecular flexibility index (Phi) is 4.12. The van der Waals surface area contributed by atoms with Gasteiger partial charge in [0.25, 0.3) is 0 Å². The first-order valence-electron chi connectivity index (χ1n) is 7.84. The molecule has 1 atom stereocenters. The zero-order valence-corrected chi connectivity index (χ0v) is 13.7. The molecule has 0 fully saturated rings. The topological polar surface area (TPSA) is 73.4 Å². The fraction of sp³-hybridized carbons (Fsp3) is 0.333. The summed E-state index contributed by atoms with van der Waals surface area (Å²) in [4.78, 5) is 12.7. The second-order valence-corrected chi connectivity index (χ2v) is 6.19. The molecule has 1 aromatic rings. The maximum absolute atomic E-state index is 13.3. The van der Waals surface area contributed by atoms with Crippen LogP contribution in [0, 0.1) is 17.1 Å². The fourth-order valence-corrected chi connectivity index (χ4v) is 3.51. The van der Waals surface area contributed by atoms with Gasteiger partial charge in [0.15, 0.2) is 5.78 Å². The van der Waals surface area contributed by atoms with Crippen molar-refractivity contribution in [2.24, 2.45) is 5.73 Å². The molecule has 0 unspecified atom stereocenters. The Morgan fingerprint density at radius 2 is 1.96 bits per heavy atom. The predicted molar refractivity (Wildman–Crippen MR) is 87.4 cm³/mol. The molecule has 0 aromatic heterocycles. The summed E-state index contributed by atoms with van der Waals surface area (Å²) < 4.78 is 13.3. The van der Waals surface area contributed by atoms with Crippen LogP contribution < -0.4 is 5.73 Å². The third-order valence-corrected chi connectivity index (χ3v) is 4.49. The average Bonchev–Trinajstić information content (AvgIpc) is 2.54. The lowest BCUT2D eigenvalue weighted by atomic mass is 9.76. The van der Waals surface area contributed by atoms with Gasteiger partial charge in [-0.25, -0.2) is 9.40 Å². The number of carbonyl (C=O) groups excluding carboxylic acids is 1. The van der Waals surface area contributed by atoms with Gasteiger partial charge < -0.3 is 5.73 Å². The number of nitrogens with two attached hydrogens (primary N) is 1. The van der Waals surface area contributed by atoms with Gasteiger partial charge in [-0.05, 0) is 30.5 Å². The molecule has 5 nitrogen and oxygen atoms in total. The molecular weight excluding hydrogens is 307 g/mol. The Morgan fingerprint density at radius 3 is 2.54 bits per heavy atom. The van der Waals surface area contributed by atoms with Crippen molar-refractivity contribution in [1.29, 1.82) is 5.26 Å². The number of hydrogen-bond acceptors (Lipinski definition) is 5. The summed E-state index contributed by atoms with van der Waals surface area (Å²) in [5.41, 5.74) is 8.73. The summed E-state index contributed by atoms with van der Waals surface area (Å²) in [5, 5.41) is 13.2. The number of nitriles is 1. The summed E-state index contributed by atoms with van der Waals surface area (Å²) in [7, 11) is 3.65. The van der Waals surface area contributed by atoms with E-state index in [0.717, 1.165) is 18.5 Å². The van der Waals surface area contributed by atoms with Crippen molar-refractivity contribution in [2.45, 2.75) is 25.2 Å². The minimum absolute atomic E-state index is 0.0256. The largest absolute Gasteiger partial charge is 0.383 e. The van der Waals surface area contributed by atoms with Crippen molar-refractivity contribution in [2.75, 3.05) is 14.1 Å². The van der Waals surface area contributed by atoms with Crippen molar-refractivity contribution < 1.29 is 9.18 Å². The second-order valence-electron chi connectivity index (χ2n) is 6.19. The van der Waals surface area contributed by atoms with Gasteiger partial charge in [0.1, 0.15) is 11.6 Å². The molecule has 6 heteroatoms. The van der Waals surface area contributed by atoms with Crippen LogP contribution in [0.15, 0.2) is 46.9 Å². The van der Waals surface area contributed by atoms with E-state index in [2.05, 4.69) is 6.07 Å². The van der Waals surface area contributed by atoms with Crippen LogP contribution in [0.1, 0.15) is 30.7 Å². The molecule has 1 aromatic carbocycles. The number of hydrogen-bond donors (Lipinski definition) is 1. The lowest BCUT2D eigenvalue weighted by Gasteiger charge is -2.42. The maximum Gasteiger partial charge on any atom is 0.161 e. The molecule has 2 aliphatic rings. The molecule has 0 saturated heterocycles. The van der Waals surface area contributed by atoms with Gasteiger partial charge in [-0.15, -0.1) is 0 Å². The fourth-order valence-electron chi connectivity index (χ4n) is 3.51. The zero-order chi connectivity index (χ0) is 17.4. The van der Waals surface area contributed by atoms with E-state index in [1.54, 1.807) is 22.2 Å². The molecule has 1 aliphatic heterocycles. The van der Waals surface area contributed by atoms with Gasteiger partial charge in [0, 0.05) is 31.8 Å². The van der Waals surface area contributed by atoms with E-state index in [0.29, 0.717) is 29.0 Å². The minimum atomic E-state index is -0.533. The van der Waals surface area contributed by atoms with Gasteiger partial charge in [-0.3, -0.25) is 9.80 Å². The van der Waals surface area contributed by atoms with Gasteiger partial charge in [-0.2, -0.15) is 5.26 Å². The Bertz CT molecular complexity index is 786. The molecule has 0 amide bonds. The average molecular weight is 326 g/mol. The summed E-state index contributed by atoms with van der Waals surface area (Å²) >= 11 is 0. The molecule has 1 heterocycles. The number of halogens is 1. The summed E-state index contributed by atoms with van der Waals surface area (Å²) in [5.74, 6) is -0.540. The molecule has 0 spiro atoms. The second kappa shape index (κ2) is 6.10. The third-order valence-electron chi connectivity index (χ3n) is 4.49. The quantitative estimate of drug-likeness (QED) is 0.903. The Morgan fingerprint density at radius 1 is 1.29 bits per heavy atom. The number of Topliss-reactive ketones (excluding diaryl/α,β-unsaturated/α-hetero) is 1. The molecule has 1 aliphatic carbocycles. The van der Waals surface area contributed by atoms with Crippen molar-refractivity contribution in [3.05, 3.63) is 58.3 Å². The molecular formula is C18H19FN4O. The lowest BCUT2D eigenvalue weighted by Crippen LogP contribution is -2.45. The maximum atomic E-state index is 13.3. The number of allylic oxidation sites excluding steroid dienone is 3. The van der Waals surface area contributed by atoms with Crippen molar-refractivity contribution in [1.82, 2.24) is 10.0 Å². The monoisotopic (exact) mass is 326 g/mol. The Balaban J connectivity index is 2.25. The van der Waals surface area contributed by atoms with Crippen LogP contribution in [-0.4, -0.2) is 29.9 Å². The zero-order valence-electron chi connectivity index (χ0n) is 13.7. The van der Waals surface area contributed by atoms with Crippen LogP contribution in [0.3, 0.4) is 0 Å². The van der Waals surface area contributed by atoms with E-state index in [9.17, 15) is 14.4 Å². The van der Waals surface area contributed by atoms with Crippen LogP contribution in [-0.2, 0) is 4.79 Å². The SMILES string of the molecule is CN(C)N1C(N)=C(C#N)[C@H](c2ccc(F)cc2)C2=C1CCCC2=O. The van der Waals surface area contributed by atoms with Crippen molar-refractivity contribution >= 4 is 5.78 Å². The first-order valence-corrected chi connectivity index (χ1v) is 7.84. The van der Waals surface area contributed by atoms with Gasteiger partial charge in [-0.1, -0.05) is 12.1 Å². The van der Waals surface area contributed by atoms with Gasteiger partial charge in [0.05, 0.1) is 17.6 Å². The highest BCUT2D eigenvalue weighted by Gasteiger charge is 2.40. The number of carbonyl (C=O) groups is 1. The highest BCUT2D eigenvalue weighted by molar-refractivity contribution is 5.99. The van der Waals surface area contributed by atoms with E-state index in [-0.39, 0.29) is 11.6 Å². The molecule has 24 heavy (non-hydrogen) atoms. The van der Waals surface area contributed by atoms with E-state index in [4.69, 9.17) is 5.73 Å². The van der Waals surface area contributed by atoms with Crippen LogP contribution in [0.2, 0.25) is 0 Å². The minimum Gasteiger partial charge on any atom is -0.383 e. The number of nitrogens with zero attached hydrogens (tertiary/aromatic N) is 3. The van der Waals surface area contributed by atoms with Gasteiger partial charge in [0.2, 0.25) is 0 Å². The van der Waals surface area contributed by atoms with Gasteiger partial charge >= 0.3 is 0 Å². The molecule has 124 valence electrons. The molecule has 2 N–H and O–H groups in total. The Labute approximate surface area is 140 Å². The predicted octanol–water partition coefficient (Wildman–Crippen LogP) is 2.40. The standard InChI is InChI=1S/C18H19FN4O/c1-22(2)23-14-4-3-5-15(24)17(14)16(13(10-20)18(23)21)11-6-8-12(19)9-7-11/h6-9,16H,3-5,21H2,1-2H3/t16-/m0/s1. The number of hydrazine groups is 1. The van der Waals surface area contributed by atoms with Crippen LogP contribution in [0.4, 0.5) is 4.39 Å². The first kappa shape index (κ1) is 16.2. The highest BCUT2D eigenvalue weighted by Crippen LogP contribution is 2.44. The van der Waals surface area contributed by atoms with E-state index in [1.807, 2.05) is 14.1 Å². The van der Waals surface area contributed by atoms with Crippen molar-refractivity contribution in [3.8, 4) is 6.07 Å². The summed E-state index contributed by atoms with van der Waals surface area (Å²) in [6.07, 6.45) is 1.93. The first-order chi connectivity index (χ1) is 11.5. The summed E-state index contributed by atoms with van der Waals surface area (Å²) in [6, 6.07) is 8.07. The highest BCUT2D eigenvalue weighted by atomic mass is 19.1. The number of rotatable bonds is 2. The summed E-state index contributed by atoms with van der Waals surface area (Å²) in [6.45, 7) is 0. The van der Waals surface area contributed by atoms with Crippen molar-refractivity contribution in [3.63, 3.8) is 0 Å². The molecule has 3 rings (SSSR count). The molecule has 0 bridgehead atoms. The number of benzene rings is 1. The normalized spacial score (nSPS) is 21.2. The van der Waals surface area contributed by atoms with Crippen LogP contribution >= 0.6 is 0 Å². The molecule has 0 radical (unpaired) electrons. The van der Waals surface area contributed by atoms with E-state index < -0.39 is 5.92 Å².